The summed E-state index contributed by atoms with van der Waals surface area (Å²) in [7, 11) is 0. The smallest absolute Gasteiger partial charge is 0.293 e. The van der Waals surface area contributed by atoms with E-state index >= 15 is 0 Å². The average Bonchev–Trinajstić information content (AvgIpc) is 2.28. The molecule has 0 aliphatic carbocycles. The highest BCUT2D eigenvalue weighted by Gasteiger charge is 2.28. The van der Waals surface area contributed by atoms with Crippen molar-refractivity contribution < 1.29 is 14.0 Å². The number of nitrogens with one attached hydrogen (secondary N) is 1. The number of amides is 3. The van der Waals surface area contributed by atoms with Crippen LogP contribution in [0.15, 0.2) is 12.1 Å². The lowest BCUT2D eigenvalue weighted by Gasteiger charge is -2.30. The van der Waals surface area contributed by atoms with Gasteiger partial charge in [-0.25, -0.2) is 9.18 Å². The SMILES string of the molecule is Cc1cc(F)c(C(C)(C)C)cc1N1CCC(=O)NC1=O. The lowest BCUT2D eigenvalue weighted by Crippen LogP contribution is -2.49. The van der Waals surface area contributed by atoms with Gasteiger partial charge in [-0.1, -0.05) is 20.8 Å². The Morgan fingerprint density at radius 2 is 1.90 bits per heavy atom. The molecule has 3 amide bonds. The molecule has 0 spiro atoms. The number of aryl methyl sites for hydroxylation is 1. The summed E-state index contributed by atoms with van der Waals surface area (Å²) < 4.78 is 14.1. The van der Waals surface area contributed by atoms with Crippen LogP contribution in [0.2, 0.25) is 0 Å². The number of carbonyl (C=O) groups is 2. The first-order valence-corrected chi connectivity index (χ1v) is 6.62. The fraction of sp³-hybridized carbons (Fsp3) is 0.467. The van der Waals surface area contributed by atoms with Crippen molar-refractivity contribution in [3.05, 3.63) is 29.1 Å². The summed E-state index contributed by atoms with van der Waals surface area (Å²) in [6.45, 7) is 7.84. The maximum Gasteiger partial charge on any atom is 0.328 e. The molecular weight excluding hydrogens is 259 g/mol. The molecule has 0 radical (unpaired) electrons. The molecule has 0 atom stereocenters. The first kappa shape index (κ1) is 14.5. The van der Waals surface area contributed by atoms with Crippen molar-refractivity contribution in [1.29, 1.82) is 0 Å². The number of rotatable bonds is 1. The summed E-state index contributed by atoms with van der Waals surface area (Å²) in [6, 6.07) is 2.70. The van der Waals surface area contributed by atoms with Gasteiger partial charge in [-0.15, -0.1) is 0 Å². The predicted octanol–water partition coefficient (Wildman–Crippen LogP) is 2.88. The topological polar surface area (TPSA) is 49.4 Å². The molecule has 1 fully saturated rings. The van der Waals surface area contributed by atoms with Gasteiger partial charge < -0.3 is 0 Å². The molecular formula is C15H19FN2O2. The fourth-order valence-corrected chi connectivity index (χ4v) is 2.32. The predicted molar refractivity (Wildman–Crippen MR) is 75.3 cm³/mol. The Bertz CT molecular complexity index is 576. The van der Waals surface area contributed by atoms with Gasteiger partial charge in [0.05, 0.1) is 0 Å². The Kier molecular flexibility index (Phi) is 3.54. The van der Waals surface area contributed by atoms with E-state index in [9.17, 15) is 14.0 Å². The second-order valence-corrected chi connectivity index (χ2v) is 6.12. The molecule has 1 heterocycles. The van der Waals surface area contributed by atoms with Crippen molar-refractivity contribution in [3.8, 4) is 0 Å². The molecule has 5 heteroatoms. The zero-order valence-electron chi connectivity index (χ0n) is 12.2. The number of nitrogens with zero attached hydrogens (tertiary/aromatic N) is 1. The Morgan fingerprint density at radius 1 is 1.25 bits per heavy atom. The first-order chi connectivity index (χ1) is 9.20. The molecule has 1 aliphatic heterocycles. The van der Waals surface area contributed by atoms with Crippen LogP contribution in [0.25, 0.3) is 0 Å². The maximum absolute atomic E-state index is 14.1. The lowest BCUT2D eigenvalue weighted by atomic mass is 9.85. The summed E-state index contributed by atoms with van der Waals surface area (Å²) in [6.07, 6.45) is 0.257. The van der Waals surface area contributed by atoms with Gasteiger partial charge in [0, 0.05) is 18.7 Å². The molecule has 4 nitrogen and oxygen atoms in total. The minimum absolute atomic E-state index is 0.257. The molecule has 1 aromatic carbocycles. The van der Waals surface area contributed by atoms with Crippen LogP contribution in [0.3, 0.4) is 0 Å². The summed E-state index contributed by atoms with van der Waals surface area (Å²) in [5, 5.41) is 2.28. The quantitative estimate of drug-likeness (QED) is 0.858. The fourth-order valence-electron chi connectivity index (χ4n) is 2.32. The molecule has 0 unspecified atom stereocenters. The maximum atomic E-state index is 14.1. The monoisotopic (exact) mass is 278 g/mol. The van der Waals surface area contributed by atoms with Crippen LogP contribution >= 0.6 is 0 Å². The number of anilines is 1. The van der Waals surface area contributed by atoms with Gasteiger partial charge in [-0.2, -0.15) is 0 Å². The summed E-state index contributed by atoms with van der Waals surface area (Å²) in [5.74, 6) is -0.547. The van der Waals surface area contributed by atoms with Gasteiger partial charge in [0.1, 0.15) is 5.82 Å². The number of carbonyl (C=O) groups excluding carboxylic acids is 2. The van der Waals surface area contributed by atoms with E-state index < -0.39 is 6.03 Å². The van der Waals surface area contributed by atoms with Crippen molar-refractivity contribution in [2.45, 2.75) is 39.5 Å². The van der Waals surface area contributed by atoms with E-state index in [4.69, 9.17) is 0 Å². The first-order valence-electron chi connectivity index (χ1n) is 6.62. The zero-order chi connectivity index (χ0) is 15.1. The van der Waals surface area contributed by atoms with E-state index in [1.54, 1.807) is 13.0 Å². The molecule has 0 bridgehead atoms. The molecule has 0 saturated carbocycles. The van der Waals surface area contributed by atoms with E-state index in [1.807, 2.05) is 20.8 Å². The van der Waals surface area contributed by atoms with Crippen LogP contribution in [0.4, 0.5) is 14.9 Å². The normalized spacial score (nSPS) is 16.4. The van der Waals surface area contributed by atoms with Gasteiger partial charge in [-0.3, -0.25) is 15.0 Å². The van der Waals surface area contributed by atoms with Crippen LogP contribution in [-0.2, 0) is 10.2 Å². The molecule has 20 heavy (non-hydrogen) atoms. The zero-order valence-corrected chi connectivity index (χ0v) is 12.2. The molecule has 1 aromatic rings. The van der Waals surface area contributed by atoms with Crippen LogP contribution in [0.5, 0.6) is 0 Å². The van der Waals surface area contributed by atoms with E-state index in [-0.39, 0.29) is 23.6 Å². The van der Waals surface area contributed by atoms with Crippen molar-refractivity contribution in [1.82, 2.24) is 5.32 Å². The number of imide groups is 1. The summed E-state index contributed by atoms with van der Waals surface area (Å²) in [4.78, 5) is 24.6. The summed E-state index contributed by atoms with van der Waals surface area (Å²) >= 11 is 0. The van der Waals surface area contributed by atoms with Gasteiger partial charge >= 0.3 is 6.03 Å². The van der Waals surface area contributed by atoms with Gasteiger partial charge in [0.15, 0.2) is 0 Å². The van der Waals surface area contributed by atoms with Crippen LogP contribution in [0.1, 0.15) is 38.3 Å². The molecule has 1 N–H and O–H groups in total. The standard InChI is InChI=1S/C15H19FN2O2/c1-9-7-11(16)10(15(2,3)4)8-12(9)18-6-5-13(19)17-14(18)20/h7-8H,5-6H2,1-4H3,(H,17,19,20). The number of halogens is 1. The highest BCUT2D eigenvalue weighted by atomic mass is 19.1. The third kappa shape index (κ3) is 2.66. The van der Waals surface area contributed by atoms with Crippen molar-refractivity contribution in [3.63, 3.8) is 0 Å². The van der Waals surface area contributed by atoms with Crippen LogP contribution in [-0.4, -0.2) is 18.5 Å². The Labute approximate surface area is 118 Å². The second-order valence-electron chi connectivity index (χ2n) is 6.12. The van der Waals surface area contributed by atoms with E-state index in [2.05, 4.69) is 5.32 Å². The molecule has 1 saturated heterocycles. The Morgan fingerprint density at radius 3 is 2.45 bits per heavy atom. The summed E-state index contributed by atoms with van der Waals surface area (Å²) in [5.41, 5.74) is 1.54. The Hall–Kier alpha value is -1.91. The molecule has 108 valence electrons. The second kappa shape index (κ2) is 4.89. The average molecular weight is 278 g/mol. The third-order valence-electron chi connectivity index (χ3n) is 3.44. The number of hydrogen-bond donors (Lipinski definition) is 1. The van der Waals surface area contributed by atoms with Gasteiger partial charge in [0.25, 0.3) is 0 Å². The Balaban J connectivity index is 2.47. The van der Waals surface area contributed by atoms with Crippen molar-refractivity contribution in [2.24, 2.45) is 0 Å². The molecule has 2 rings (SSSR count). The van der Waals surface area contributed by atoms with Crippen LogP contribution in [0, 0.1) is 12.7 Å². The van der Waals surface area contributed by atoms with E-state index in [0.717, 1.165) is 0 Å². The number of urea groups is 1. The molecule has 1 aliphatic rings. The van der Waals surface area contributed by atoms with Crippen molar-refractivity contribution >= 4 is 17.6 Å². The largest absolute Gasteiger partial charge is 0.328 e. The minimum atomic E-state index is -0.448. The van der Waals surface area contributed by atoms with E-state index in [0.29, 0.717) is 23.4 Å². The number of hydrogen-bond acceptors (Lipinski definition) is 2. The van der Waals surface area contributed by atoms with E-state index in [1.165, 1.54) is 11.0 Å². The highest BCUT2D eigenvalue weighted by molar-refractivity contribution is 6.05. The lowest BCUT2D eigenvalue weighted by molar-refractivity contribution is -0.120. The molecule has 0 aromatic heterocycles. The van der Waals surface area contributed by atoms with Crippen molar-refractivity contribution in [2.75, 3.05) is 11.4 Å². The van der Waals surface area contributed by atoms with Gasteiger partial charge in [0.2, 0.25) is 5.91 Å². The minimum Gasteiger partial charge on any atom is -0.293 e. The number of benzene rings is 1. The van der Waals surface area contributed by atoms with Gasteiger partial charge in [-0.05, 0) is 35.6 Å². The van der Waals surface area contributed by atoms with Crippen LogP contribution < -0.4 is 10.2 Å². The highest BCUT2D eigenvalue weighted by Crippen LogP contribution is 2.32. The third-order valence-corrected chi connectivity index (χ3v) is 3.44.